The zero-order valence-electron chi connectivity index (χ0n) is 14.5. The fourth-order valence-corrected chi connectivity index (χ4v) is 3.54. The number of anilines is 1. The van der Waals surface area contributed by atoms with Gasteiger partial charge in [0, 0.05) is 5.69 Å². The van der Waals surface area contributed by atoms with Crippen LogP contribution in [0.25, 0.3) is 0 Å². The lowest BCUT2D eigenvalue weighted by Crippen LogP contribution is -2.36. The Morgan fingerprint density at radius 2 is 1.72 bits per heavy atom. The number of amides is 3. The highest BCUT2D eigenvalue weighted by molar-refractivity contribution is 7.92. The zero-order chi connectivity index (χ0) is 22.0. The van der Waals surface area contributed by atoms with Crippen molar-refractivity contribution in [2.45, 2.75) is 23.5 Å². The van der Waals surface area contributed by atoms with Gasteiger partial charge in [0.2, 0.25) is 9.84 Å². The number of nitrogens with one attached hydrogen (secondary N) is 2. The van der Waals surface area contributed by atoms with Crippen molar-refractivity contribution in [2.75, 3.05) is 5.32 Å². The van der Waals surface area contributed by atoms with E-state index in [1.807, 2.05) is 5.32 Å². The van der Waals surface area contributed by atoms with Gasteiger partial charge in [0.15, 0.2) is 0 Å². The van der Waals surface area contributed by atoms with Crippen LogP contribution in [-0.2, 0) is 9.84 Å². The molecule has 2 N–H and O–H groups in total. The lowest BCUT2D eigenvalue weighted by molar-refractivity contribution is -0.0636. The Morgan fingerprint density at radius 3 is 2.28 bits per heavy atom. The van der Waals surface area contributed by atoms with E-state index in [1.54, 1.807) is 6.07 Å². The molecule has 0 fully saturated rings. The Morgan fingerprint density at radius 1 is 1.10 bits per heavy atom. The van der Waals surface area contributed by atoms with E-state index in [0.717, 1.165) is 6.07 Å². The van der Waals surface area contributed by atoms with Gasteiger partial charge in [0.25, 0.3) is 5.91 Å². The highest BCUT2D eigenvalue weighted by atomic mass is 35.5. The molecule has 0 aliphatic rings. The number of alkyl halides is 4. The van der Waals surface area contributed by atoms with Gasteiger partial charge in [-0.25, -0.2) is 22.0 Å². The molecule has 29 heavy (non-hydrogen) atoms. The van der Waals surface area contributed by atoms with Crippen LogP contribution in [0.1, 0.15) is 15.9 Å². The minimum Gasteiger partial charge on any atom is -0.307 e. The molecule has 12 heteroatoms. The number of halogens is 5. The Labute approximate surface area is 167 Å². The Bertz CT molecular complexity index is 1060. The first-order valence-corrected chi connectivity index (χ1v) is 9.62. The fraction of sp³-hybridized carbons (Fsp3) is 0.176. The summed E-state index contributed by atoms with van der Waals surface area (Å²) in [5.74, 6) is -0.818. The highest BCUT2D eigenvalue weighted by Crippen LogP contribution is 2.35. The maximum absolute atomic E-state index is 13.3. The van der Waals surface area contributed by atoms with E-state index in [1.165, 1.54) is 25.1 Å². The summed E-state index contributed by atoms with van der Waals surface area (Å²) in [6.45, 7) is 1.25. The summed E-state index contributed by atoms with van der Waals surface area (Å²) in [5.41, 5.74) is -0.0260. The summed E-state index contributed by atoms with van der Waals surface area (Å²) in [4.78, 5) is 22.9. The number of hydrogen-bond donors (Lipinski definition) is 2. The second kappa shape index (κ2) is 8.37. The van der Waals surface area contributed by atoms with Crippen molar-refractivity contribution in [3.05, 3.63) is 58.6 Å². The minimum atomic E-state index is -5.65. The van der Waals surface area contributed by atoms with Crippen LogP contribution < -0.4 is 10.6 Å². The predicted octanol–water partition coefficient (Wildman–Crippen LogP) is 4.24. The van der Waals surface area contributed by atoms with Crippen molar-refractivity contribution >= 4 is 39.1 Å². The predicted molar refractivity (Wildman–Crippen MR) is 97.3 cm³/mol. The third kappa shape index (κ3) is 4.67. The number of carbonyl (C=O) groups is 2. The topological polar surface area (TPSA) is 92.3 Å². The first-order valence-electron chi connectivity index (χ1n) is 7.76. The molecule has 0 saturated heterocycles. The lowest BCUT2D eigenvalue weighted by atomic mass is 10.2. The van der Waals surface area contributed by atoms with Gasteiger partial charge in [-0.3, -0.25) is 10.1 Å². The van der Waals surface area contributed by atoms with E-state index in [0.29, 0.717) is 12.1 Å². The molecule has 0 bridgehead atoms. The lowest BCUT2D eigenvalue weighted by Gasteiger charge is -2.17. The molecular formula is C17H13ClF4N2O4S. The van der Waals surface area contributed by atoms with Gasteiger partial charge >= 0.3 is 17.7 Å². The van der Waals surface area contributed by atoms with E-state index >= 15 is 0 Å². The quantitative estimate of drug-likeness (QED) is 0.664. The second-order valence-electron chi connectivity index (χ2n) is 5.73. The average Bonchev–Trinajstić information content (AvgIpc) is 2.63. The molecule has 0 aliphatic heterocycles. The molecule has 2 aromatic rings. The van der Waals surface area contributed by atoms with Gasteiger partial charge in [-0.05, 0) is 42.8 Å². The first-order chi connectivity index (χ1) is 13.4. The smallest absolute Gasteiger partial charge is 0.307 e. The van der Waals surface area contributed by atoms with Gasteiger partial charge in [-0.2, -0.15) is 8.78 Å². The molecule has 0 aromatic heterocycles. The van der Waals surface area contributed by atoms with Gasteiger partial charge in [0.1, 0.15) is 0 Å². The number of imide groups is 1. The first kappa shape index (κ1) is 22.6. The maximum Gasteiger partial charge on any atom is 0.408 e. The normalized spacial score (nSPS) is 12.0. The minimum absolute atomic E-state index is 0.0171. The SMILES string of the molecule is Cc1cc(S(=O)(=O)C(F)(F)C(F)F)ccc1NC(=O)NC(=O)c1ccccc1Cl. The van der Waals surface area contributed by atoms with Crippen molar-refractivity contribution in [1.29, 1.82) is 0 Å². The Kier molecular flexibility index (Phi) is 6.53. The standard InChI is InChI=1S/C17H13ClF4N2O4S/c1-9-8-10(29(27,28)17(21,22)15(19)20)6-7-13(9)23-16(26)24-14(25)11-4-2-3-5-12(11)18/h2-8,15H,1H3,(H2,23,24,25,26). The number of sulfone groups is 1. The third-order valence-corrected chi connectivity index (χ3v) is 5.81. The number of benzene rings is 2. The molecule has 0 radical (unpaired) electrons. The second-order valence-corrected chi connectivity index (χ2v) is 8.16. The van der Waals surface area contributed by atoms with Crippen LogP contribution in [-0.4, -0.2) is 32.0 Å². The van der Waals surface area contributed by atoms with Gasteiger partial charge in [0.05, 0.1) is 15.5 Å². The molecule has 0 saturated carbocycles. The molecule has 0 spiro atoms. The zero-order valence-corrected chi connectivity index (χ0v) is 16.1. The molecule has 0 heterocycles. The highest BCUT2D eigenvalue weighted by Gasteiger charge is 2.54. The molecule has 0 atom stereocenters. The van der Waals surface area contributed by atoms with Crippen LogP contribution in [0, 0.1) is 6.92 Å². The molecule has 0 aliphatic carbocycles. The summed E-state index contributed by atoms with van der Waals surface area (Å²) >= 11 is 5.84. The molecule has 2 rings (SSSR count). The van der Waals surface area contributed by atoms with Crippen molar-refractivity contribution in [3.63, 3.8) is 0 Å². The van der Waals surface area contributed by atoms with Crippen LogP contribution in [0.15, 0.2) is 47.4 Å². The van der Waals surface area contributed by atoms with Gasteiger partial charge < -0.3 is 5.32 Å². The fourth-order valence-electron chi connectivity index (χ4n) is 2.19. The van der Waals surface area contributed by atoms with E-state index in [9.17, 15) is 35.6 Å². The molecule has 156 valence electrons. The van der Waals surface area contributed by atoms with Crippen molar-refractivity contribution in [2.24, 2.45) is 0 Å². The average molecular weight is 453 g/mol. The molecular weight excluding hydrogens is 440 g/mol. The molecule has 6 nitrogen and oxygen atoms in total. The van der Waals surface area contributed by atoms with Gasteiger partial charge in [-0.1, -0.05) is 23.7 Å². The number of aryl methyl sites for hydroxylation is 1. The summed E-state index contributed by atoms with van der Waals surface area (Å²) in [6, 6.07) is 7.19. The summed E-state index contributed by atoms with van der Waals surface area (Å²) in [6.07, 6.45) is -4.41. The van der Waals surface area contributed by atoms with Crippen LogP contribution in [0.3, 0.4) is 0 Å². The maximum atomic E-state index is 13.3. The number of hydrogen-bond acceptors (Lipinski definition) is 4. The van der Waals surface area contributed by atoms with E-state index in [2.05, 4.69) is 5.32 Å². The Hall–Kier alpha value is -2.66. The van der Waals surface area contributed by atoms with Crippen LogP contribution in [0.5, 0.6) is 0 Å². The number of carbonyl (C=O) groups excluding carboxylic acids is 2. The van der Waals surface area contributed by atoms with E-state index < -0.39 is 38.4 Å². The van der Waals surface area contributed by atoms with E-state index in [-0.39, 0.29) is 21.8 Å². The molecule has 0 unspecified atom stereocenters. The molecule has 2 aromatic carbocycles. The van der Waals surface area contributed by atoms with Crippen molar-refractivity contribution < 1.29 is 35.6 Å². The summed E-state index contributed by atoms with van der Waals surface area (Å²) < 4.78 is 74.9. The number of rotatable bonds is 5. The van der Waals surface area contributed by atoms with Crippen molar-refractivity contribution in [3.8, 4) is 0 Å². The summed E-state index contributed by atoms with van der Waals surface area (Å²) in [7, 11) is -5.65. The van der Waals surface area contributed by atoms with Crippen molar-refractivity contribution in [1.82, 2.24) is 5.32 Å². The largest absolute Gasteiger partial charge is 0.408 e. The van der Waals surface area contributed by atoms with Crippen LogP contribution in [0.4, 0.5) is 28.0 Å². The van der Waals surface area contributed by atoms with Crippen LogP contribution >= 0.6 is 11.6 Å². The molecule has 3 amide bonds. The third-order valence-electron chi connectivity index (χ3n) is 3.71. The number of urea groups is 1. The monoisotopic (exact) mass is 452 g/mol. The van der Waals surface area contributed by atoms with E-state index in [4.69, 9.17) is 11.6 Å². The van der Waals surface area contributed by atoms with Crippen LogP contribution in [0.2, 0.25) is 5.02 Å². The van der Waals surface area contributed by atoms with Gasteiger partial charge in [-0.15, -0.1) is 0 Å². The Balaban J connectivity index is 2.18. The summed E-state index contributed by atoms with van der Waals surface area (Å²) in [5, 5.41) is -0.958.